The van der Waals surface area contributed by atoms with E-state index in [1.54, 1.807) is 16.7 Å². The van der Waals surface area contributed by atoms with Crippen LogP contribution in [-0.2, 0) is 11.3 Å². The van der Waals surface area contributed by atoms with Crippen LogP contribution in [0.15, 0.2) is 37.8 Å². The number of allylic oxidation sites excluding steroid dienone is 1. The smallest absolute Gasteiger partial charge is 0.267 e. The fourth-order valence-electron chi connectivity index (χ4n) is 2.27. The largest absolute Gasteiger partial charge is 0.334 e. The first-order valence-electron chi connectivity index (χ1n) is 6.55. The number of carbonyl (C=O) groups is 1. The Morgan fingerprint density at radius 3 is 3.14 bits per heavy atom. The molecule has 0 aromatic carbocycles. The first-order valence-corrected chi connectivity index (χ1v) is 7.54. The third-order valence-corrected chi connectivity index (χ3v) is 4.34. The van der Waals surface area contributed by atoms with E-state index in [2.05, 4.69) is 20.1 Å². The normalized spacial score (nSPS) is 19.6. The Hall–Kier alpha value is -2.55. The Morgan fingerprint density at radius 2 is 2.27 bits per heavy atom. The van der Waals surface area contributed by atoms with Gasteiger partial charge in [0.1, 0.15) is 11.5 Å². The highest BCUT2D eigenvalue weighted by Crippen LogP contribution is 2.24. The molecular weight excluding hydrogens is 306 g/mol. The average Bonchev–Trinajstić information content (AvgIpc) is 3.17. The van der Waals surface area contributed by atoms with Gasteiger partial charge in [-0.15, -0.1) is 0 Å². The van der Waals surface area contributed by atoms with E-state index in [-0.39, 0.29) is 28.7 Å². The molecule has 2 aromatic heterocycles. The molecule has 9 heteroatoms. The highest BCUT2D eigenvalue weighted by Gasteiger charge is 2.26. The Kier molecular flexibility index (Phi) is 3.00. The Bertz CT molecular complexity index is 882. The van der Waals surface area contributed by atoms with E-state index in [9.17, 15) is 9.59 Å². The molecule has 0 radical (unpaired) electrons. The Morgan fingerprint density at radius 1 is 1.36 bits per heavy atom. The molecule has 0 N–H and O–H groups in total. The number of dihydropyridines is 1. The molecule has 4 rings (SSSR count). The second-order valence-electron chi connectivity index (χ2n) is 4.70. The molecular formula is C13H9N5O3S. The number of aliphatic imine (C=N–C) groups is 1. The monoisotopic (exact) mass is 315 g/mol. The van der Waals surface area contributed by atoms with Crippen molar-refractivity contribution in [2.45, 2.75) is 17.6 Å². The summed E-state index contributed by atoms with van der Waals surface area (Å²) in [6.07, 6.45) is 6.12. The summed E-state index contributed by atoms with van der Waals surface area (Å²) in [5.74, 6) is 0.0289. The van der Waals surface area contributed by atoms with E-state index in [0.29, 0.717) is 11.7 Å². The molecule has 0 fully saturated rings. The topological polar surface area (TPSA) is 103 Å². The van der Waals surface area contributed by atoms with Crippen LogP contribution in [0.5, 0.6) is 0 Å². The van der Waals surface area contributed by atoms with E-state index < -0.39 is 5.92 Å². The minimum atomic E-state index is -0.678. The lowest BCUT2D eigenvalue weighted by atomic mass is 10.1. The number of hydrogen-bond acceptors (Lipinski definition) is 7. The molecule has 0 spiro atoms. The van der Waals surface area contributed by atoms with E-state index in [0.717, 1.165) is 5.75 Å². The van der Waals surface area contributed by atoms with Gasteiger partial charge in [-0.2, -0.15) is 4.98 Å². The van der Waals surface area contributed by atoms with Crippen molar-refractivity contribution in [3.63, 3.8) is 0 Å². The van der Waals surface area contributed by atoms with E-state index in [1.807, 2.05) is 0 Å². The SMILES string of the molecule is O=C1N=CC=CC1c1noc(-c2cnc3n(c2=O)CCS3)n1. The summed E-state index contributed by atoms with van der Waals surface area (Å²) in [7, 11) is 0. The van der Waals surface area contributed by atoms with Gasteiger partial charge in [-0.1, -0.05) is 23.0 Å². The highest BCUT2D eigenvalue weighted by atomic mass is 32.2. The second-order valence-corrected chi connectivity index (χ2v) is 5.76. The van der Waals surface area contributed by atoms with Crippen molar-refractivity contribution >= 4 is 23.9 Å². The van der Waals surface area contributed by atoms with Crippen molar-refractivity contribution in [3.05, 3.63) is 34.5 Å². The van der Waals surface area contributed by atoms with Crippen LogP contribution in [0.25, 0.3) is 11.5 Å². The van der Waals surface area contributed by atoms with Crippen LogP contribution in [0.1, 0.15) is 11.7 Å². The lowest BCUT2D eigenvalue weighted by Crippen LogP contribution is -2.21. The summed E-state index contributed by atoms with van der Waals surface area (Å²) in [4.78, 5) is 36.2. The zero-order chi connectivity index (χ0) is 15.1. The third-order valence-electron chi connectivity index (χ3n) is 3.36. The van der Waals surface area contributed by atoms with Gasteiger partial charge < -0.3 is 4.52 Å². The van der Waals surface area contributed by atoms with Gasteiger partial charge >= 0.3 is 0 Å². The minimum Gasteiger partial charge on any atom is -0.334 e. The number of thioether (sulfide) groups is 1. The molecule has 1 amide bonds. The molecule has 1 atom stereocenters. The summed E-state index contributed by atoms with van der Waals surface area (Å²) in [5.41, 5.74) is 0.0227. The minimum absolute atomic E-state index is 0.0652. The lowest BCUT2D eigenvalue weighted by molar-refractivity contribution is -0.118. The molecule has 8 nitrogen and oxygen atoms in total. The number of hydrogen-bond donors (Lipinski definition) is 0. The van der Waals surface area contributed by atoms with Crippen LogP contribution >= 0.6 is 11.8 Å². The van der Waals surface area contributed by atoms with Crippen LogP contribution in [-0.4, -0.2) is 37.6 Å². The quantitative estimate of drug-likeness (QED) is 0.749. The van der Waals surface area contributed by atoms with Gasteiger partial charge in [-0.25, -0.2) is 9.98 Å². The van der Waals surface area contributed by atoms with Gasteiger partial charge in [0, 0.05) is 24.7 Å². The van der Waals surface area contributed by atoms with Crippen LogP contribution in [0.4, 0.5) is 0 Å². The first kappa shape index (κ1) is 13.1. The van der Waals surface area contributed by atoms with Gasteiger partial charge in [0.15, 0.2) is 11.0 Å². The van der Waals surface area contributed by atoms with Gasteiger partial charge in [0.25, 0.3) is 17.4 Å². The number of aromatic nitrogens is 4. The lowest BCUT2D eigenvalue weighted by Gasteiger charge is -2.04. The summed E-state index contributed by atoms with van der Waals surface area (Å²) in [6.45, 7) is 0.610. The van der Waals surface area contributed by atoms with Crippen molar-refractivity contribution in [2.75, 3.05) is 5.75 Å². The van der Waals surface area contributed by atoms with Gasteiger partial charge in [-0.05, 0) is 6.08 Å². The maximum Gasteiger partial charge on any atom is 0.267 e. The molecule has 0 saturated heterocycles. The van der Waals surface area contributed by atoms with Gasteiger partial charge in [0.2, 0.25) is 0 Å². The van der Waals surface area contributed by atoms with Crippen LogP contribution < -0.4 is 5.56 Å². The van der Waals surface area contributed by atoms with Crippen LogP contribution in [0, 0.1) is 0 Å². The van der Waals surface area contributed by atoms with E-state index in [4.69, 9.17) is 4.52 Å². The number of rotatable bonds is 2. The third kappa shape index (κ3) is 2.01. The second kappa shape index (κ2) is 5.02. The highest BCUT2D eigenvalue weighted by molar-refractivity contribution is 7.99. The molecule has 110 valence electrons. The molecule has 0 bridgehead atoms. The van der Waals surface area contributed by atoms with Gasteiger partial charge in [-0.3, -0.25) is 14.2 Å². The molecule has 2 aromatic rings. The van der Waals surface area contributed by atoms with E-state index >= 15 is 0 Å². The summed E-state index contributed by atoms with van der Waals surface area (Å²) >= 11 is 1.53. The fourth-order valence-corrected chi connectivity index (χ4v) is 3.18. The molecule has 2 aliphatic rings. The summed E-state index contributed by atoms with van der Waals surface area (Å²) in [6, 6.07) is 0. The fraction of sp³-hybridized carbons (Fsp3) is 0.231. The zero-order valence-electron chi connectivity index (χ0n) is 11.2. The summed E-state index contributed by atoms with van der Waals surface area (Å²) in [5, 5.41) is 4.48. The van der Waals surface area contributed by atoms with Crippen molar-refractivity contribution in [1.29, 1.82) is 0 Å². The number of fused-ring (bicyclic) bond motifs is 1. The van der Waals surface area contributed by atoms with Crippen molar-refractivity contribution in [3.8, 4) is 11.5 Å². The maximum atomic E-state index is 12.4. The van der Waals surface area contributed by atoms with Crippen molar-refractivity contribution in [1.82, 2.24) is 19.7 Å². The number of nitrogens with zero attached hydrogens (tertiary/aromatic N) is 5. The average molecular weight is 315 g/mol. The van der Waals surface area contributed by atoms with Crippen LogP contribution in [0.3, 0.4) is 0 Å². The molecule has 22 heavy (non-hydrogen) atoms. The van der Waals surface area contributed by atoms with Crippen LogP contribution in [0.2, 0.25) is 0 Å². The van der Waals surface area contributed by atoms with Crippen molar-refractivity contribution < 1.29 is 9.32 Å². The zero-order valence-corrected chi connectivity index (χ0v) is 12.0. The molecule has 0 aliphatic carbocycles. The molecule has 1 unspecified atom stereocenters. The maximum absolute atomic E-state index is 12.4. The molecule has 0 saturated carbocycles. The summed E-state index contributed by atoms with van der Waals surface area (Å²) < 4.78 is 6.72. The number of carbonyl (C=O) groups excluding carboxylic acids is 1. The Labute approximate surface area is 128 Å². The standard InChI is InChI=1S/C13H9N5O3S/c19-10-7(2-1-3-14-10)9-16-11(21-17-9)8-6-15-13-18(12(8)20)4-5-22-13/h1-3,6-7H,4-5H2. The molecule has 4 heterocycles. The predicted molar refractivity (Wildman–Crippen MR) is 77.9 cm³/mol. The van der Waals surface area contributed by atoms with Crippen molar-refractivity contribution in [2.24, 2.45) is 4.99 Å². The van der Waals surface area contributed by atoms with E-state index in [1.165, 1.54) is 24.2 Å². The Balaban J connectivity index is 1.74. The van der Waals surface area contributed by atoms with Gasteiger partial charge in [0.05, 0.1) is 0 Å². The number of amides is 1. The molecule has 2 aliphatic heterocycles. The predicted octanol–water partition coefficient (Wildman–Crippen LogP) is 0.650. The first-order chi connectivity index (χ1) is 10.7.